The van der Waals surface area contributed by atoms with Crippen molar-refractivity contribution in [2.24, 2.45) is 5.41 Å². The van der Waals surface area contributed by atoms with Crippen LogP contribution >= 0.6 is 46.4 Å². The van der Waals surface area contributed by atoms with Gasteiger partial charge < -0.3 is 9.64 Å². The van der Waals surface area contributed by atoms with Crippen molar-refractivity contribution in [1.29, 1.82) is 0 Å². The molecule has 0 spiro atoms. The Morgan fingerprint density at radius 1 is 0.946 bits per heavy atom. The van der Waals surface area contributed by atoms with Gasteiger partial charge in [0.15, 0.2) is 0 Å². The van der Waals surface area contributed by atoms with Crippen LogP contribution in [0.2, 0.25) is 10.0 Å². The average molecular weight is 608 g/mol. The second-order valence-corrected chi connectivity index (χ2v) is 11.3. The van der Waals surface area contributed by atoms with Crippen LogP contribution in [-0.4, -0.2) is 63.2 Å². The zero-order chi connectivity index (χ0) is 28.5. The van der Waals surface area contributed by atoms with Crippen LogP contribution in [0.5, 0.6) is 0 Å². The van der Waals surface area contributed by atoms with E-state index >= 15 is 0 Å². The molecule has 2 fully saturated rings. The Balaban J connectivity index is 0.000000717. The molecule has 1 saturated carbocycles. The minimum atomic E-state index is -4.61. The van der Waals surface area contributed by atoms with E-state index in [1.54, 1.807) is 45.9 Å². The first-order valence-electron chi connectivity index (χ1n) is 11.0. The number of ether oxygens (including phenoxy) is 1. The van der Waals surface area contributed by atoms with Crippen molar-refractivity contribution in [2.75, 3.05) is 13.1 Å². The van der Waals surface area contributed by atoms with E-state index in [1.807, 2.05) is 0 Å². The van der Waals surface area contributed by atoms with Gasteiger partial charge in [-0.3, -0.25) is 19.3 Å². The van der Waals surface area contributed by atoms with Gasteiger partial charge in [0, 0.05) is 19.1 Å². The highest BCUT2D eigenvalue weighted by molar-refractivity contribution is 6.97. The molecular weight excluding hydrogens is 583 g/mol. The van der Waals surface area contributed by atoms with Crippen molar-refractivity contribution in [3.63, 3.8) is 0 Å². The zero-order valence-electron chi connectivity index (χ0n) is 20.3. The molecule has 0 unspecified atom stereocenters. The maximum Gasteiger partial charge on any atom is 0.410 e. The summed E-state index contributed by atoms with van der Waals surface area (Å²) < 4.78 is 46.2. The quantitative estimate of drug-likeness (QED) is 0.295. The van der Waals surface area contributed by atoms with E-state index in [4.69, 9.17) is 27.9 Å². The van der Waals surface area contributed by atoms with Gasteiger partial charge in [0.1, 0.15) is 11.0 Å². The molecule has 2 atom stereocenters. The Hall–Kier alpha value is -1.75. The third kappa shape index (κ3) is 7.65. The topological polar surface area (TPSA) is 84.0 Å². The first-order chi connectivity index (χ1) is 16.8. The van der Waals surface area contributed by atoms with Gasteiger partial charge in [-0.15, -0.1) is 0 Å². The number of amides is 2. The Kier molecular flexibility index (Phi) is 9.83. The molecule has 1 aromatic carbocycles. The van der Waals surface area contributed by atoms with Gasteiger partial charge >= 0.3 is 22.8 Å². The molecule has 14 heteroatoms. The van der Waals surface area contributed by atoms with Gasteiger partial charge in [0.05, 0.1) is 16.1 Å². The summed E-state index contributed by atoms with van der Waals surface area (Å²) in [7, 11) is 0. The molecule has 0 N–H and O–H groups in total. The largest absolute Gasteiger partial charge is 0.444 e. The number of hydrogen-bond donors (Lipinski definition) is 0. The van der Waals surface area contributed by atoms with Gasteiger partial charge in [0.25, 0.3) is 0 Å². The summed E-state index contributed by atoms with van der Waals surface area (Å²) in [4.78, 5) is 47.4. The third-order valence-electron chi connectivity index (χ3n) is 5.81. The monoisotopic (exact) mass is 606 g/mol. The van der Waals surface area contributed by atoms with E-state index in [9.17, 15) is 32.3 Å². The molecular formula is C23H25Cl4F3N2O5. The summed E-state index contributed by atoms with van der Waals surface area (Å²) >= 11 is 21.1. The van der Waals surface area contributed by atoms with Crippen LogP contribution in [0.3, 0.4) is 0 Å². The molecule has 1 aliphatic carbocycles. The SMILES string of the molecule is C[C@@H]1CN(C(=O)OC(C)(C)C)[C@@H](c2ccc(Cl)c(Cl)c2)CN1C(=O)C1(C(F)(F)F)CC1.O=C(Cl)C(=O)Cl. The molecule has 37 heavy (non-hydrogen) atoms. The molecule has 206 valence electrons. The summed E-state index contributed by atoms with van der Waals surface area (Å²) in [5.41, 5.74) is -2.52. The van der Waals surface area contributed by atoms with Crippen molar-refractivity contribution in [1.82, 2.24) is 9.80 Å². The lowest BCUT2D eigenvalue weighted by molar-refractivity contribution is -0.201. The Labute approximate surface area is 232 Å². The maximum atomic E-state index is 13.6. The number of benzene rings is 1. The van der Waals surface area contributed by atoms with E-state index in [1.165, 1.54) is 9.80 Å². The van der Waals surface area contributed by atoms with E-state index < -0.39 is 51.8 Å². The highest BCUT2D eigenvalue weighted by Gasteiger charge is 2.70. The molecule has 0 bridgehead atoms. The standard InChI is InChI=1S/C21H25Cl2F3N2O3.C2Cl2O2/c1-12-10-28(18(30)31-19(2,3)4)16(13-5-6-14(22)15(23)9-13)11-27(12)17(29)20(7-8-20)21(24,25)26;3-1(5)2(4)6/h5-6,9,12,16H,7-8,10-11H2,1-4H3;/t12-,16-;/m1./s1. The molecule has 7 nitrogen and oxygen atoms in total. The van der Waals surface area contributed by atoms with E-state index in [-0.39, 0.29) is 31.0 Å². The van der Waals surface area contributed by atoms with Crippen LogP contribution < -0.4 is 0 Å². The Bertz CT molecular complexity index is 1060. The van der Waals surface area contributed by atoms with Crippen molar-refractivity contribution in [3.05, 3.63) is 33.8 Å². The number of hydrogen-bond acceptors (Lipinski definition) is 5. The maximum absolute atomic E-state index is 13.6. The second-order valence-electron chi connectivity index (χ2n) is 9.76. The van der Waals surface area contributed by atoms with E-state index in [0.717, 1.165) is 0 Å². The summed E-state index contributed by atoms with van der Waals surface area (Å²) in [6.07, 6.45) is -5.65. The van der Waals surface area contributed by atoms with Crippen molar-refractivity contribution in [2.45, 2.75) is 64.4 Å². The summed E-state index contributed by atoms with van der Waals surface area (Å²) in [6.45, 7) is 6.73. The van der Waals surface area contributed by atoms with Crippen molar-refractivity contribution >= 4 is 68.9 Å². The number of piperazine rings is 1. The first-order valence-corrected chi connectivity index (χ1v) is 12.5. The van der Waals surface area contributed by atoms with Gasteiger partial charge in [-0.2, -0.15) is 13.2 Å². The van der Waals surface area contributed by atoms with Crippen molar-refractivity contribution < 1.29 is 37.1 Å². The van der Waals surface area contributed by atoms with Crippen LogP contribution in [0.15, 0.2) is 18.2 Å². The highest BCUT2D eigenvalue weighted by atomic mass is 35.5. The van der Waals surface area contributed by atoms with Crippen LogP contribution in [0.1, 0.15) is 52.1 Å². The molecule has 0 aromatic heterocycles. The molecule has 2 aliphatic rings. The molecule has 1 saturated heterocycles. The van der Waals surface area contributed by atoms with Crippen LogP contribution in [0.4, 0.5) is 18.0 Å². The van der Waals surface area contributed by atoms with E-state index in [2.05, 4.69) is 23.2 Å². The van der Waals surface area contributed by atoms with E-state index in [0.29, 0.717) is 10.6 Å². The molecule has 1 aliphatic heterocycles. The molecule has 3 rings (SSSR count). The Morgan fingerprint density at radius 3 is 1.89 bits per heavy atom. The van der Waals surface area contributed by atoms with Crippen LogP contribution in [0.25, 0.3) is 0 Å². The lowest BCUT2D eigenvalue weighted by Crippen LogP contribution is -2.59. The summed E-state index contributed by atoms with van der Waals surface area (Å²) in [5, 5.41) is -1.73. The predicted octanol–water partition coefficient (Wildman–Crippen LogP) is 6.36. The molecule has 0 radical (unpaired) electrons. The average Bonchev–Trinajstić information content (AvgIpc) is 3.56. The van der Waals surface area contributed by atoms with Gasteiger partial charge in [-0.25, -0.2) is 4.79 Å². The van der Waals surface area contributed by atoms with Gasteiger partial charge in [0.2, 0.25) is 5.91 Å². The second kappa shape index (κ2) is 11.6. The molecule has 1 aromatic rings. The fourth-order valence-corrected chi connectivity index (χ4v) is 4.11. The number of alkyl halides is 3. The first kappa shape index (κ1) is 31.5. The van der Waals surface area contributed by atoms with Gasteiger partial charge in [-0.1, -0.05) is 29.3 Å². The van der Waals surface area contributed by atoms with Gasteiger partial charge in [-0.05, 0) is 81.4 Å². The predicted molar refractivity (Wildman–Crippen MR) is 133 cm³/mol. The van der Waals surface area contributed by atoms with Crippen LogP contribution in [0, 0.1) is 5.41 Å². The minimum Gasteiger partial charge on any atom is -0.444 e. The number of carbonyl (C=O) groups excluding carboxylic acids is 4. The number of rotatable bonds is 3. The fourth-order valence-electron chi connectivity index (χ4n) is 3.80. The van der Waals surface area contributed by atoms with Crippen LogP contribution in [-0.2, 0) is 19.1 Å². The lowest BCUT2D eigenvalue weighted by Gasteiger charge is -2.46. The number of halogens is 7. The molecule has 2 amide bonds. The minimum absolute atomic E-state index is 0.0273. The Morgan fingerprint density at radius 2 is 1.49 bits per heavy atom. The third-order valence-corrected chi connectivity index (χ3v) is 6.99. The smallest absolute Gasteiger partial charge is 0.410 e. The zero-order valence-corrected chi connectivity index (χ0v) is 23.3. The summed E-state index contributed by atoms with van der Waals surface area (Å²) in [5.74, 6) is -0.943. The highest BCUT2D eigenvalue weighted by Crippen LogP contribution is 2.59. The lowest BCUT2D eigenvalue weighted by atomic mass is 9.96. The summed E-state index contributed by atoms with van der Waals surface area (Å²) in [6, 6.07) is 3.41. The number of carbonyl (C=O) groups is 4. The van der Waals surface area contributed by atoms with Crippen molar-refractivity contribution in [3.8, 4) is 0 Å². The fraction of sp³-hybridized carbons (Fsp3) is 0.565. The normalized spacial score (nSPS) is 20.9. The number of nitrogens with zero attached hydrogens (tertiary/aromatic N) is 2. The molecule has 1 heterocycles.